The molecule has 21 heavy (non-hydrogen) atoms. The molecule has 4 nitrogen and oxygen atoms in total. The third kappa shape index (κ3) is 4.78. The van der Waals surface area contributed by atoms with Crippen LogP contribution in [0.25, 0.3) is 5.82 Å². The van der Waals surface area contributed by atoms with E-state index in [-0.39, 0.29) is 5.54 Å². The van der Waals surface area contributed by atoms with Gasteiger partial charge in [-0.2, -0.15) is 5.10 Å². The summed E-state index contributed by atoms with van der Waals surface area (Å²) in [5, 5.41) is 7.89. The minimum absolute atomic E-state index is 0.0997. The summed E-state index contributed by atoms with van der Waals surface area (Å²) in [5.74, 6) is 1.28. The molecule has 0 radical (unpaired) electrons. The van der Waals surface area contributed by atoms with Crippen molar-refractivity contribution in [2.45, 2.75) is 52.6 Å². The van der Waals surface area contributed by atoms with Gasteiger partial charge in [-0.05, 0) is 67.0 Å². The smallest absolute Gasteiger partial charge is 0.153 e. The van der Waals surface area contributed by atoms with Crippen LogP contribution in [0.3, 0.4) is 0 Å². The van der Waals surface area contributed by atoms with Crippen LogP contribution in [0, 0.1) is 3.57 Å². The molecule has 114 valence electrons. The SMILES string of the molecule is CC(C)c1cc(CNC(C)(C)C)cc(-n2cc(I)cn2)n1. The zero-order valence-corrected chi connectivity index (χ0v) is 15.5. The van der Waals surface area contributed by atoms with Gasteiger partial charge in [0.25, 0.3) is 0 Å². The molecular weight excluding hydrogens is 375 g/mol. The Kier molecular flexibility index (Phi) is 5.03. The summed E-state index contributed by atoms with van der Waals surface area (Å²) in [6, 6.07) is 4.29. The Labute approximate surface area is 140 Å². The van der Waals surface area contributed by atoms with Gasteiger partial charge < -0.3 is 5.32 Å². The quantitative estimate of drug-likeness (QED) is 0.795. The number of hydrogen-bond donors (Lipinski definition) is 1. The molecule has 2 heterocycles. The number of nitrogens with zero attached hydrogens (tertiary/aromatic N) is 3. The van der Waals surface area contributed by atoms with Gasteiger partial charge in [-0.1, -0.05) is 13.8 Å². The van der Waals surface area contributed by atoms with E-state index >= 15 is 0 Å². The minimum Gasteiger partial charge on any atom is -0.308 e. The molecule has 0 unspecified atom stereocenters. The molecule has 1 N–H and O–H groups in total. The summed E-state index contributed by atoms with van der Waals surface area (Å²) >= 11 is 2.26. The van der Waals surface area contributed by atoms with Crippen LogP contribution < -0.4 is 5.32 Å². The zero-order chi connectivity index (χ0) is 15.6. The number of halogens is 1. The summed E-state index contributed by atoms with van der Waals surface area (Å²) in [6.07, 6.45) is 3.84. The standard InChI is InChI=1S/C16H23IN4/c1-11(2)14-6-12(8-18-16(3,4)5)7-15(20-14)21-10-13(17)9-19-21/h6-7,9-11,18H,8H2,1-5H3. The van der Waals surface area contributed by atoms with E-state index in [0.717, 1.165) is 21.6 Å². The summed E-state index contributed by atoms with van der Waals surface area (Å²) in [4.78, 5) is 4.73. The molecular formula is C16H23IN4. The topological polar surface area (TPSA) is 42.7 Å². The van der Waals surface area contributed by atoms with Crippen LogP contribution in [0.5, 0.6) is 0 Å². The van der Waals surface area contributed by atoms with E-state index in [4.69, 9.17) is 4.98 Å². The van der Waals surface area contributed by atoms with Crippen molar-refractivity contribution in [3.8, 4) is 5.82 Å². The van der Waals surface area contributed by atoms with Crippen LogP contribution in [0.4, 0.5) is 0 Å². The van der Waals surface area contributed by atoms with Crippen LogP contribution in [0.2, 0.25) is 0 Å². The fraction of sp³-hybridized carbons (Fsp3) is 0.500. The lowest BCUT2D eigenvalue weighted by molar-refractivity contribution is 0.424. The number of aromatic nitrogens is 3. The van der Waals surface area contributed by atoms with Crippen molar-refractivity contribution >= 4 is 22.6 Å². The van der Waals surface area contributed by atoms with Crippen molar-refractivity contribution in [2.24, 2.45) is 0 Å². The zero-order valence-electron chi connectivity index (χ0n) is 13.3. The van der Waals surface area contributed by atoms with Crippen molar-refractivity contribution in [2.75, 3.05) is 0 Å². The second kappa shape index (κ2) is 6.44. The van der Waals surface area contributed by atoms with Gasteiger partial charge in [-0.3, -0.25) is 0 Å². The number of nitrogens with one attached hydrogen (secondary N) is 1. The molecule has 0 saturated carbocycles. The van der Waals surface area contributed by atoms with Crippen molar-refractivity contribution in [3.63, 3.8) is 0 Å². The second-order valence-electron chi connectivity index (χ2n) is 6.62. The second-order valence-corrected chi connectivity index (χ2v) is 7.87. The lowest BCUT2D eigenvalue weighted by Crippen LogP contribution is -2.35. The van der Waals surface area contributed by atoms with E-state index in [1.807, 2.05) is 17.1 Å². The molecule has 0 spiro atoms. The molecule has 5 heteroatoms. The Morgan fingerprint density at radius 2 is 2.00 bits per heavy atom. The molecule has 2 aromatic heterocycles. The average Bonchev–Trinajstić information content (AvgIpc) is 2.82. The predicted octanol–water partition coefficient (Wildman–Crippen LogP) is 3.88. The van der Waals surface area contributed by atoms with Gasteiger partial charge in [0.1, 0.15) is 0 Å². The van der Waals surface area contributed by atoms with Gasteiger partial charge >= 0.3 is 0 Å². The molecule has 0 bridgehead atoms. The molecule has 0 aromatic carbocycles. The molecule has 0 saturated heterocycles. The number of hydrogen-bond acceptors (Lipinski definition) is 3. The van der Waals surface area contributed by atoms with E-state index in [9.17, 15) is 0 Å². The third-order valence-electron chi connectivity index (χ3n) is 3.09. The molecule has 0 aliphatic carbocycles. The highest BCUT2D eigenvalue weighted by molar-refractivity contribution is 14.1. The lowest BCUT2D eigenvalue weighted by atomic mass is 10.1. The fourth-order valence-corrected chi connectivity index (χ4v) is 2.29. The Morgan fingerprint density at radius 3 is 2.52 bits per heavy atom. The van der Waals surface area contributed by atoms with Crippen molar-refractivity contribution < 1.29 is 0 Å². The van der Waals surface area contributed by atoms with Gasteiger partial charge in [0.15, 0.2) is 5.82 Å². The largest absolute Gasteiger partial charge is 0.308 e. The lowest BCUT2D eigenvalue weighted by Gasteiger charge is -2.21. The first kappa shape index (κ1) is 16.4. The first-order valence-electron chi connectivity index (χ1n) is 7.21. The fourth-order valence-electron chi connectivity index (χ4n) is 1.90. The van der Waals surface area contributed by atoms with Crippen LogP contribution in [-0.4, -0.2) is 20.3 Å². The van der Waals surface area contributed by atoms with E-state index in [0.29, 0.717) is 5.92 Å². The summed E-state index contributed by atoms with van der Waals surface area (Å²) in [6.45, 7) is 11.7. The highest BCUT2D eigenvalue weighted by Crippen LogP contribution is 2.18. The maximum atomic E-state index is 4.73. The molecule has 2 aromatic rings. The Morgan fingerprint density at radius 1 is 1.29 bits per heavy atom. The molecule has 0 aliphatic heterocycles. The number of rotatable bonds is 4. The van der Waals surface area contributed by atoms with Gasteiger partial charge in [-0.25, -0.2) is 9.67 Å². The van der Waals surface area contributed by atoms with E-state index in [1.165, 1.54) is 5.56 Å². The van der Waals surface area contributed by atoms with Gasteiger partial charge in [0.05, 0.1) is 9.77 Å². The van der Waals surface area contributed by atoms with Gasteiger partial charge in [0.2, 0.25) is 0 Å². The van der Waals surface area contributed by atoms with Crippen LogP contribution in [0.1, 0.15) is 51.8 Å². The van der Waals surface area contributed by atoms with Crippen LogP contribution in [0.15, 0.2) is 24.5 Å². The van der Waals surface area contributed by atoms with E-state index in [2.05, 4.69) is 79.8 Å². The Balaban J connectivity index is 2.34. The molecule has 2 rings (SSSR count). The number of pyridine rings is 1. The maximum Gasteiger partial charge on any atom is 0.153 e. The van der Waals surface area contributed by atoms with Crippen molar-refractivity contribution in [1.29, 1.82) is 0 Å². The van der Waals surface area contributed by atoms with Crippen molar-refractivity contribution in [3.05, 3.63) is 39.4 Å². The van der Waals surface area contributed by atoms with Crippen LogP contribution in [-0.2, 0) is 6.54 Å². The predicted molar refractivity (Wildman–Crippen MR) is 94.8 cm³/mol. The first-order chi connectivity index (χ1) is 9.74. The molecule has 0 fully saturated rings. The van der Waals surface area contributed by atoms with Gasteiger partial charge in [0, 0.05) is 24.0 Å². The summed E-state index contributed by atoms with van der Waals surface area (Å²) < 4.78 is 2.95. The van der Waals surface area contributed by atoms with E-state index in [1.54, 1.807) is 0 Å². The van der Waals surface area contributed by atoms with Crippen LogP contribution >= 0.6 is 22.6 Å². The van der Waals surface area contributed by atoms with E-state index < -0.39 is 0 Å². The summed E-state index contributed by atoms with van der Waals surface area (Å²) in [7, 11) is 0. The Hall–Kier alpha value is -0.950. The average molecular weight is 398 g/mol. The Bertz CT molecular complexity index is 611. The first-order valence-corrected chi connectivity index (χ1v) is 8.29. The van der Waals surface area contributed by atoms with Gasteiger partial charge in [-0.15, -0.1) is 0 Å². The molecule has 0 aliphatic rings. The highest BCUT2D eigenvalue weighted by Gasteiger charge is 2.12. The maximum absolute atomic E-state index is 4.73. The molecule has 0 amide bonds. The third-order valence-corrected chi connectivity index (χ3v) is 3.65. The normalized spacial score (nSPS) is 12.1. The summed E-state index contributed by atoms with van der Waals surface area (Å²) in [5.41, 5.74) is 2.44. The monoisotopic (exact) mass is 398 g/mol. The molecule has 0 atom stereocenters. The highest BCUT2D eigenvalue weighted by atomic mass is 127. The minimum atomic E-state index is 0.0997. The van der Waals surface area contributed by atoms with Crippen molar-refractivity contribution in [1.82, 2.24) is 20.1 Å².